The summed E-state index contributed by atoms with van der Waals surface area (Å²) in [6, 6.07) is 5.72. The molecule has 0 unspecified atom stereocenters. The maximum absolute atomic E-state index is 14.0. The van der Waals surface area contributed by atoms with Crippen molar-refractivity contribution < 1.29 is 13.6 Å². The fraction of sp³-hybridized carbons (Fsp3) is 0.267. The molecule has 0 spiro atoms. The molecule has 6 heteroatoms. The molecule has 1 aliphatic rings. The van der Waals surface area contributed by atoms with Gasteiger partial charge in [0.25, 0.3) is 5.91 Å². The van der Waals surface area contributed by atoms with E-state index in [1.807, 2.05) is 17.5 Å². The highest BCUT2D eigenvalue weighted by Gasteiger charge is 2.34. The largest absolute Gasteiger partial charge is 0.396 e. The molecular formula is C15H14F2N2OS. The Balaban J connectivity index is 1.91. The van der Waals surface area contributed by atoms with Crippen molar-refractivity contribution in [2.24, 2.45) is 0 Å². The average molecular weight is 308 g/mol. The quantitative estimate of drug-likeness (QED) is 0.880. The van der Waals surface area contributed by atoms with E-state index in [1.54, 1.807) is 4.90 Å². The fourth-order valence-corrected chi connectivity index (χ4v) is 2.95. The van der Waals surface area contributed by atoms with Gasteiger partial charge in [-0.25, -0.2) is 8.78 Å². The van der Waals surface area contributed by atoms with Gasteiger partial charge in [-0.3, -0.25) is 4.79 Å². The Hall–Kier alpha value is -1.95. The first-order chi connectivity index (χ1) is 10.1. The molecule has 0 bridgehead atoms. The van der Waals surface area contributed by atoms with Crippen LogP contribution in [0.25, 0.3) is 0 Å². The van der Waals surface area contributed by atoms with Crippen molar-refractivity contribution in [2.45, 2.75) is 25.4 Å². The van der Waals surface area contributed by atoms with Gasteiger partial charge in [0, 0.05) is 10.9 Å². The van der Waals surface area contributed by atoms with Crippen molar-refractivity contribution in [1.82, 2.24) is 4.90 Å². The Bertz CT molecular complexity index is 669. The summed E-state index contributed by atoms with van der Waals surface area (Å²) < 4.78 is 27.4. The van der Waals surface area contributed by atoms with E-state index in [1.165, 1.54) is 11.3 Å². The normalized spacial score (nSPS) is 14.2. The van der Waals surface area contributed by atoms with Gasteiger partial charge in [-0.1, -0.05) is 6.07 Å². The number of benzene rings is 1. The number of hydrogen-bond acceptors (Lipinski definition) is 3. The smallest absolute Gasteiger partial charge is 0.257 e. The van der Waals surface area contributed by atoms with Crippen LogP contribution in [0.5, 0.6) is 0 Å². The van der Waals surface area contributed by atoms with Crippen molar-refractivity contribution in [3.8, 4) is 0 Å². The molecule has 0 saturated heterocycles. The minimum atomic E-state index is -0.849. The van der Waals surface area contributed by atoms with Crippen LogP contribution in [0.4, 0.5) is 14.5 Å². The van der Waals surface area contributed by atoms with E-state index >= 15 is 0 Å². The second-order valence-corrected chi connectivity index (χ2v) is 6.13. The third kappa shape index (κ3) is 2.90. The molecule has 0 atom stereocenters. The van der Waals surface area contributed by atoms with Crippen LogP contribution in [0.1, 0.15) is 28.1 Å². The number of hydrogen-bond donors (Lipinski definition) is 1. The zero-order valence-electron chi connectivity index (χ0n) is 11.2. The molecule has 1 fully saturated rings. The van der Waals surface area contributed by atoms with Gasteiger partial charge in [-0.15, -0.1) is 11.3 Å². The van der Waals surface area contributed by atoms with Crippen LogP contribution >= 0.6 is 11.3 Å². The molecular weight excluding hydrogens is 294 g/mol. The molecule has 3 rings (SSSR count). The van der Waals surface area contributed by atoms with Crippen LogP contribution in [0.3, 0.4) is 0 Å². The summed E-state index contributed by atoms with van der Waals surface area (Å²) in [6.45, 7) is 0.414. The fourth-order valence-electron chi connectivity index (χ4n) is 2.24. The molecule has 0 aliphatic heterocycles. The Kier molecular flexibility index (Phi) is 3.63. The van der Waals surface area contributed by atoms with E-state index in [9.17, 15) is 13.6 Å². The van der Waals surface area contributed by atoms with E-state index in [2.05, 4.69) is 0 Å². The number of thiophene rings is 1. The number of anilines is 1. The lowest BCUT2D eigenvalue weighted by molar-refractivity contribution is 0.0726. The molecule has 3 nitrogen and oxygen atoms in total. The van der Waals surface area contributed by atoms with Gasteiger partial charge in [0.05, 0.1) is 17.8 Å². The molecule has 110 valence electrons. The maximum atomic E-state index is 14.0. The summed E-state index contributed by atoms with van der Waals surface area (Å²) in [5, 5.41) is 1.92. The first-order valence-corrected chi connectivity index (χ1v) is 7.52. The zero-order valence-corrected chi connectivity index (χ0v) is 12.0. The molecule has 2 aromatic rings. The predicted octanol–water partition coefficient (Wildman–Crippen LogP) is 3.41. The van der Waals surface area contributed by atoms with Crippen molar-refractivity contribution in [3.63, 3.8) is 0 Å². The maximum Gasteiger partial charge on any atom is 0.257 e. The number of amides is 1. The summed E-state index contributed by atoms with van der Waals surface area (Å²) in [5.74, 6) is -2.06. The van der Waals surface area contributed by atoms with Crippen LogP contribution in [-0.2, 0) is 6.54 Å². The SMILES string of the molecule is Nc1cc(F)cc(C(=O)N(Cc2cccs2)C2CC2)c1F. The van der Waals surface area contributed by atoms with Gasteiger partial charge in [0.1, 0.15) is 5.82 Å². The van der Waals surface area contributed by atoms with E-state index in [0.717, 1.165) is 29.9 Å². The number of rotatable bonds is 4. The Morgan fingerprint density at radius 1 is 1.38 bits per heavy atom. The van der Waals surface area contributed by atoms with E-state index in [-0.39, 0.29) is 17.3 Å². The minimum absolute atomic E-state index is 0.100. The summed E-state index contributed by atoms with van der Waals surface area (Å²) in [6.07, 6.45) is 1.78. The summed E-state index contributed by atoms with van der Waals surface area (Å²) in [7, 11) is 0. The van der Waals surface area contributed by atoms with Crippen LogP contribution in [-0.4, -0.2) is 16.8 Å². The second kappa shape index (κ2) is 5.44. The van der Waals surface area contributed by atoms with Crippen LogP contribution in [0.15, 0.2) is 29.6 Å². The van der Waals surface area contributed by atoms with Gasteiger partial charge < -0.3 is 10.6 Å². The summed E-state index contributed by atoms with van der Waals surface area (Å²) >= 11 is 1.53. The molecule has 1 aromatic heterocycles. The topological polar surface area (TPSA) is 46.3 Å². The van der Waals surface area contributed by atoms with Crippen molar-refractivity contribution in [1.29, 1.82) is 0 Å². The first-order valence-electron chi connectivity index (χ1n) is 6.64. The lowest BCUT2D eigenvalue weighted by atomic mass is 10.1. The standard InChI is InChI=1S/C15H14F2N2OS/c16-9-6-12(14(17)13(18)7-9)15(20)19(10-3-4-10)8-11-2-1-5-21-11/h1-2,5-7,10H,3-4,8,18H2. The van der Waals surface area contributed by atoms with Crippen LogP contribution in [0, 0.1) is 11.6 Å². The van der Waals surface area contributed by atoms with E-state index in [0.29, 0.717) is 6.54 Å². The molecule has 1 aromatic carbocycles. The highest BCUT2D eigenvalue weighted by atomic mass is 32.1. The predicted molar refractivity (Wildman–Crippen MR) is 78.0 cm³/mol. The third-order valence-electron chi connectivity index (χ3n) is 3.45. The first kappa shape index (κ1) is 14.0. The van der Waals surface area contributed by atoms with Gasteiger partial charge in [-0.05, 0) is 36.4 Å². The molecule has 1 saturated carbocycles. The van der Waals surface area contributed by atoms with Gasteiger partial charge in [0.2, 0.25) is 0 Å². The lowest BCUT2D eigenvalue weighted by Gasteiger charge is -2.22. The number of carbonyl (C=O) groups is 1. The van der Waals surface area contributed by atoms with Crippen molar-refractivity contribution >= 4 is 22.9 Å². The number of nitrogens with two attached hydrogens (primary N) is 1. The van der Waals surface area contributed by atoms with Gasteiger partial charge >= 0.3 is 0 Å². The highest BCUT2D eigenvalue weighted by Crippen LogP contribution is 2.31. The van der Waals surface area contributed by atoms with E-state index in [4.69, 9.17) is 5.73 Å². The Morgan fingerprint density at radius 2 is 2.14 bits per heavy atom. The van der Waals surface area contributed by atoms with Crippen molar-refractivity contribution in [2.75, 3.05) is 5.73 Å². The monoisotopic (exact) mass is 308 g/mol. The van der Waals surface area contributed by atoms with Crippen LogP contribution in [0.2, 0.25) is 0 Å². The minimum Gasteiger partial charge on any atom is -0.396 e. The van der Waals surface area contributed by atoms with Gasteiger partial charge in [0.15, 0.2) is 5.82 Å². The lowest BCUT2D eigenvalue weighted by Crippen LogP contribution is -2.33. The van der Waals surface area contributed by atoms with Crippen LogP contribution < -0.4 is 5.73 Å². The summed E-state index contributed by atoms with van der Waals surface area (Å²) in [4.78, 5) is 15.2. The Morgan fingerprint density at radius 3 is 2.76 bits per heavy atom. The highest BCUT2D eigenvalue weighted by molar-refractivity contribution is 7.09. The molecule has 1 amide bonds. The van der Waals surface area contributed by atoms with Crippen molar-refractivity contribution in [3.05, 3.63) is 51.7 Å². The number of nitrogen functional groups attached to an aromatic ring is 1. The molecule has 0 radical (unpaired) electrons. The zero-order chi connectivity index (χ0) is 15.0. The molecule has 1 heterocycles. The molecule has 21 heavy (non-hydrogen) atoms. The number of halogens is 2. The molecule has 2 N–H and O–H groups in total. The number of carbonyl (C=O) groups excluding carboxylic acids is 1. The Labute approximate surface area is 125 Å². The molecule has 1 aliphatic carbocycles. The number of nitrogens with zero attached hydrogens (tertiary/aromatic N) is 1. The van der Waals surface area contributed by atoms with Gasteiger partial charge in [-0.2, -0.15) is 0 Å². The third-order valence-corrected chi connectivity index (χ3v) is 4.31. The summed E-state index contributed by atoms with van der Waals surface area (Å²) in [5.41, 5.74) is 4.77. The van der Waals surface area contributed by atoms with E-state index < -0.39 is 17.5 Å². The second-order valence-electron chi connectivity index (χ2n) is 5.10. The average Bonchev–Trinajstić information content (AvgIpc) is 3.16.